The molecule has 1 N–H and O–H groups in total. The summed E-state index contributed by atoms with van der Waals surface area (Å²) in [6.45, 7) is 3.29. The van der Waals surface area contributed by atoms with Gasteiger partial charge in [0.1, 0.15) is 5.75 Å². The molecule has 5 heteroatoms. The van der Waals surface area contributed by atoms with Gasteiger partial charge in [-0.25, -0.2) is 0 Å². The largest absolute Gasteiger partial charge is 0.481 e. The number of benzene rings is 1. The molecule has 0 radical (unpaired) electrons. The SMILES string of the molecule is CC(Oc1cccc(C#N)c1)C(=O)N(C)[C@@H](C)CO. The van der Waals surface area contributed by atoms with E-state index in [2.05, 4.69) is 0 Å². The number of aliphatic hydroxyl groups excluding tert-OH is 1. The quantitative estimate of drug-likeness (QED) is 0.864. The summed E-state index contributed by atoms with van der Waals surface area (Å²) in [4.78, 5) is 13.5. The lowest BCUT2D eigenvalue weighted by atomic mass is 10.2. The molecular weight excluding hydrogens is 244 g/mol. The van der Waals surface area contributed by atoms with E-state index in [0.29, 0.717) is 11.3 Å². The predicted octanol–water partition coefficient (Wildman–Crippen LogP) is 1.16. The summed E-state index contributed by atoms with van der Waals surface area (Å²) in [5.41, 5.74) is 0.481. The van der Waals surface area contributed by atoms with Gasteiger partial charge in [0.15, 0.2) is 6.10 Å². The third kappa shape index (κ3) is 3.97. The minimum Gasteiger partial charge on any atom is -0.481 e. The predicted molar refractivity (Wildman–Crippen MR) is 70.6 cm³/mol. The van der Waals surface area contributed by atoms with Crippen molar-refractivity contribution in [3.8, 4) is 11.8 Å². The van der Waals surface area contributed by atoms with E-state index in [-0.39, 0.29) is 18.6 Å². The Morgan fingerprint density at radius 3 is 2.79 bits per heavy atom. The number of hydrogen-bond donors (Lipinski definition) is 1. The molecule has 0 fully saturated rings. The van der Waals surface area contributed by atoms with Crippen LogP contribution in [0.25, 0.3) is 0 Å². The summed E-state index contributed by atoms with van der Waals surface area (Å²) in [6, 6.07) is 8.39. The van der Waals surface area contributed by atoms with Crippen molar-refractivity contribution in [2.45, 2.75) is 26.0 Å². The zero-order chi connectivity index (χ0) is 14.4. The van der Waals surface area contributed by atoms with Gasteiger partial charge in [0, 0.05) is 7.05 Å². The van der Waals surface area contributed by atoms with Gasteiger partial charge >= 0.3 is 0 Å². The van der Waals surface area contributed by atoms with Crippen molar-refractivity contribution in [2.75, 3.05) is 13.7 Å². The van der Waals surface area contributed by atoms with E-state index < -0.39 is 6.10 Å². The summed E-state index contributed by atoms with van der Waals surface area (Å²) >= 11 is 0. The van der Waals surface area contributed by atoms with Crippen molar-refractivity contribution in [2.24, 2.45) is 0 Å². The highest BCUT2D eigenvalue weighted by atomic mass is 16.5. The van der Waals surface area contributed by atoms with Crippen LogP contribution in [-0.4, -0.2) is 41.7 Å². The number of nitrogens with zero attached hydrogens (tertiary/aromatic N) is 2. The van der Waals surface area contributed by atoms with Gasteiger partial charge in [0.25, 0.3) is 5.91 Å². The monoisotopic (exact) mass is 262 g/mol. The number of carbonyl (C=O) groups is 1. The van der Waals surface area contributed by atoms with Gasteiger partial charge in [-0.2, -0.15) is 5.26 Å². The van der Waals surface area contributed by atoms with Gasteiger partial charge in [0.05, 0.1) is 24.3 Å². The third-order valence-electron chi connectivity index (χ3n) is 2.90. The molecule has 5 nitrogen and oxygen atoms in total. The van der Waals surface area contributed by atoms with Crippen LogP contribution in [0.1, 0.15) is 19.4 Å². The molecule has 19 heavy (non-hydrogen) atoms. The van der Waals surface area contributed by atoms with Crippen LogP contribution in [0.5, 0.6) is 5.75 Å². The van der Waals surface area contributed by atoms with Crippen LogP contribution in [0.3, 0.4) is 0 Å². The summed E-state index contributed by atoms with van der Waals surface area (Å²) < 4.78 is 5.51. The number of amides is 1. The molecule has 1 amide bonds. The maximum absolute atomic E-state index is 12.0. The second-order valence-electron chi connectivity index (χ2n) is 4.38. The van der Waals surface area contributed by atoms with E-state index in [1.807, 2.05) is 6.07 Å². The van der Waals surface area contributed by atoms with Gasteiger partial charge in [-0.3, -0.25) is 4.79 Å². The van der Waals surface area contributed by atoms with Crippen LogP contribution in [-0.2, 0) is 4.79 Å². The lowest BCUT2D eigenvalue weighted by molar-refractivity contribution is -0.139. The molecular formula is C14H18N2O3. The average Bonchev–Trinajstić information content (AvgIpc) is 2.44. The minimum atomic E-state index is -0.673. The lowest BCUT2D eigenvalue weighted by Crippen LogP contribution is -2.44. The summed E-state index contributed by atoms with van der Waals surface area (Å²) in [5.74, 6) is 0.258. The Labute approximate surface area is 113 Å². The number of carbonyl (C=O) groups excluding carboxylic acids is 1. The third-order valence-corrected chi connectivity index (χ3v) is 2.90. The van der Waals surface area contributed by atoms with Crippen molar-refractivity contribution in [1.29, 1.82) is 5.26 Å². The number of rotatable bonds is 5. The fraction of sp³-hybridized carbons (Fsp3) is 0.429. The molecule has 0 heterocycles. The van der Waals surface area contributed by atoms with Crippen molar-refractivity contribution >= 4 is 5.91 Å². The van der Waals surface area contributed by atoms with E-state index >= 15 is 0 Å². The highest BCUT2D eigenvalue weighted by Crippen LogP contribution is 2.15. The summed E-state index contributed by atoms with van der Waals surface area (Å²) in [7, 11) is 1.62. The van der Waals surface area contributed by atoms with Crippen molar-refractivity contribution in [3.63, 3.8) is 0 Å². The van der Waals surface area contributed by atoms with Gasteiger partial charge in [-0.15, -0.1) is 0 Å². The molecule has 1 unspecified atom stereocenters. The maximum Gasteiger partial charge on any atom is 0.263 e. The van der Waals surface area contributed by atoms with Gasteiger partial charge in [-0.05, 0) is 32.0 Å². The Bertz CT molecular complexity index is 482. The highest BCUT2D eigenvalue weighted by Gasteiger charge is 2.22. The number of hydrogen-bond acceptors (Lipinski definition) is 4. The van der Waals surface area contributed by atoms with Crippen molar-refractivity contribution < 1.29 is 14.6 Å². The van der Waals surface area contributed by atoms with Crippen LogP contribution >= 0.6 is 0 Å². The van der Waals surface area contributed by atoms with Gasteiger partial charge in [0.2, 0.25) is 0 Å². The Morgan fingerprint density at radius 2 is 2.21 bits per heavy atom. The maximum atomic E-state index is 12.0. The molecule has 0 aliphatic rings. The zero-order valence-electron chi connectivity index (χ0n) is 11.3. The first-order chi connectivity index (χ1) is 8.99. The highest BCUT2D eigenvalue weighted by molar-refractivity contribution is 5.80. The molecule has 0 spiro atoms. The first-order valence-electron chi connectivity index (χ1n) is 6.04. The van der Waals surface area contributed by atoms with Crippen molar-refractivity contribution in [3.05, 3.63) is 29.8 Å². The fourth-order valence-electron chi connectivity index (χ4n) is 1.52. The molecule has 1 rings (SSSR count). The molecule has 1 aromatic carbocycles. The van der Waals surface area contributed by atoms with E-state index in [4.69, 9.17) is 15.1 Å². The van der Waals surface area contributed by atoms with E-state index in [9.17, 15) is 4.79 Å². The number of nitriles is 1. The summed E-state index contributed by atoms with van der Waals surface area (Å²) in [6.07, 6.45) is -0.673. The fourth-order valence-corrected chi connectivity index (χ4v) is 1.52. The smallest absolute Gasteiger partial charge is 0.263 e. The molecule has 0 saturated heterocycles. The molecule has 0 aliphatic carbocycles. The standard InChI is InChI=1S/C14H18N2O3/c1-10(9-17)16(3)14(18)11(2)19-13-6-4-5-12(7-13)8-15/h4-7,10-11,17H,9H2,1-3H3/t10-,11?/m0/s1. The molecule has 102 valence electrons. The van der Waals surface area contributed by atoms with E-state index in [0.717, 1.165) is 0 Å². The van der Waals surface area contributed by atoms with E-state index in [1.54, 1.807) is 45.2 Å². The minimum absolute atomic E-state index is 0.0983. The first kappa shape index (κ1) is 15.0. The molecule has 0 aliphatic heterocycles. The van der Waals surface area contributed by atoms with E-state index in [1.165, 1.54) is 4.90 Å². The lowest BCUT2D eigenvalue weighted by Gasteiger charge is -2.26. The molecule has 0 aromatic heterocycles. The van der Waals surface area contributed by atoms with Crippen LogP contribution in [0.15, 0.2) is 24.3 Å². The van der Waals surface area contributed by atoms with Gasteiger partial charge in [-0.1, -0.05) is 6.07 Å². The molecule has 0 saturated carbocycles. The molecule has 1 aromatic rings. The van der Waals surface area contributed by atoms with Crippen LogP contribution in [0.4, 0.5) is 0 Å². The Kier molecular flexibility index (Phi) is 5.34. The number of aliphatic hydroxyl groups is 1. The van der Waals surface area contributed by atoms with Gasteiger partial charge < -0.3 is 14.7 Å². The topological polar surface area (TPSA) is 73.6 Å². The van der Waals surface area contributed by atoms with Crippen LogP contribution in [0.2, 0.25) is 0 Å². The number of likely N-dealkylation sites (N-methyl/N-ethyl adjacent to an activating group) is 1. The average molecular weight is 262 g/mol. The second kappa shape index (κ2) is 6.76. The Balaban J connectivity index is 2.71. The Morgan fingerprint density at radius 1 is 1.53 bits per heavy atom. The number of ether oxygens (including phenoxy) is 1. The normalized spacial score (nSPS) is 13.2. The van der Waals surface area contributed by atoms with Crippen LogP contribution in [0, 0.1) is 11.3 Å². The molecule has 2 atom stereocenters. The molecule has 0 bridgehead atoms. The van der Waals surface area contributed by atoms with Crippen molar-refractivity contribution in [1.82, 2.24) is 4.90 Å². The summed E-state index contributed by atoms with van der Waals surface area (Å²) in [5, 5.41) is 17.8. The zero-order valence-corrected chi connectivity index (χ0v) is 11.3. The van der Waals surface area contributed by atoms with Crippen LogP contribution < -0.4 is 4.74 Å². The Hall–Kier alpha value is -2.06. The first-order valence-corrected chi connectivity index (χ1v) is 6.04. The second-order valence-corrected chi connectivity index (χ2v) is 4.38.